The van der Waals surface area contributed by atoms with Crippen molar-refractivity contribution in [3.63, 3.8) is 0 Å². The number of amides is 1. The molecule has 2 aromatic rings. The van der Waals surface area contributed by atoms with Crippen LogP contribution in [0.2, 0.25) is 0 Å². The van der Waals surface area contributed by atoms with Crippen molar-refractivity contribution in [2.45, 2.75) is 26.2 Å². The van der Waals surface area contributed by atoms with Crippen LogP contribution in [0.4, 0.5) is 0 Å². The van der Waals surface area contributed by atoms with Gasteiger partial charge in [0.05, 0.1) is 18.9 Å². The maximum atomic E-state index is 12.9. The van der Waals surface area contributed by atoms with Crippen LogP contribution in [0.3, 0.4) is 0 Å². The molecule has 0 radical (unpaired) electrons. The molecule has 8 heteroatoms. The number of hydrogen-bond acceptors (Lipinski definition) is 6. The monoisotopic (exact) mass is 430 g/mol. The molecule has 4 heterocycles. The molecule has 2 aromatic heterocycles. The second-order valence-electron chi connectivity index (χ2n) is 8.38. The number of nitrogens with zero attached hydrogens (tertiary/aromatic N) is 3. The lowest BCUT2D eigenvalue weighted by Gasteiger charge is -2.35. The van der Waals surface area contributed by atoms with Crippen LogP contribution in [0.25, 0.3) is 11.3 Å². The second kappa shape index (κ2) is 9.85. The van der Waals surface area contributed by atoms with Gasteiger partial charge in [0.2, 0.25) is 5.91 Å². The fourth-order valence-corrected chi connectivity index (χ4v) is 5.00. The van der Waals surface area contributed by atoms with E-state index in [9.17, 15) is 9.59 Å². The van der Waals surface area contributed by atoms with Crippen molar-refractivity contribution in [1.29, 1.82) is 0 Å². The molecule has 2 aliphatic heterocycles. The van der Waals surface area contributed by atoms with Crippen LogP contribution in [-0.2, 0) is 16.0 Å². The number of carbonyl (C=O) groups is 1. The third-order valence-corrected chi connectivity index (χ3v) is 6.76. The molecule has 162 valence electrons. The van der Waals surface area contributed by atoms with E-state index in [1.807, 2.05) is 28.7 Å². The summed E-state index contributed by atoms with van der Waals surface area (Å²) < 4.78 is 5.39. The van der Waals surface area contributed by atoms with Crippen molar-refractivity contribution in [2.24, 2.45) is 11.8 Å². The molecule has 30 heavy (non-hydrogen) atoms. The standard InChI is InChI=1S/C22H30N4O3S/c1-16(14-25-7-9-29-10-8-25)22(28)26-5-2-17(3-6-26)12-20-23-19(13-21(27)24-20)18-4-11-30-15-18/h4,11,13,15-17H,2-3,5-10,12,14H2,1H3,(H,23,24,27)/t16-/m0/s1. The first-order valence-corrected chi connectivity index (χ1v) is 11.7. The van der Waals surface area contributed by atoms with Crippen LogP contribution in [0.1, 0.15) is 25.6 Å². The Labute approximate surface area is 181 Å². The lowest BCUT2D eigenvalue weighted by molar-refractivity contribution is -0.137. The number of H-pyrrole nitrogens is 1. The summed E-state index contributed by atoms with van der Waals surface area (Å²) in [6, 6.07) is 3.54. The molecular formula is C22H30N4O3S. The van der Waals surface area contributed by atoms with Gasteiger partial charge in [-0.1, -0.05) is 6.92 Å². The number of hydrogen-bond donors (Lipinski definition) is 1. The van der Waals surface area contributed by atoms with E-state index in [1.165, 1.54) is 0 Å². The van der Waals surface area contributed by atoms with E-state index < -0.39 is 0 Å². The Bertz CT molecular complexity index is 884. The molecule has 2 saturated heterocycles. The highest BCUT2D eigenvalue weighted by atomic mass is 32.1. The third kappa shape index (κ3) is 5.36. The maximum absolute atomic E-state index is 12.9. The molecule has 4 rings (SSSR count). The average molecular weight is 431 g/mol. The van der Waals surface area contributed by atoms with E-state index in [0.717, 1.165) is 82.3 Å². The minimum Gasteiger partial charge on any atom is -0.379 e. The molecule has 0 spiro atoms. The summed E-state index contributed by atoms with van der Waals surface area (Å²) in [7, 11) is 0. The zero-order valence-corrected chi connectivity index (χ0v) is 18.3. The first-order valence-electron chi connectivity index (χ1n) is 10.8. The summed E-state index contributed by atoms with van der Waals surface area (Å²) in [6.07, 6.45) is 2.64. The van der Waals surface area contributed by atoms with E-state index in [-0.39, 0.29) is 17.4 Å². The van der Waals surface area contributed by atoms with Gasteiger partial charge >= 0.3 is 0 Å². The van der Waals surface area contributed by atoms with Gasteiger partial charge in [0.25, 0.3) is 5.56 Å². The largest absolute Gasteiger partial charge is 0.379 e. The summed E-state index contributed by atoms with van der Waals surface area (Å²) in [5, 5.41) is 4.00. The molecular weight excluding hydrogens is 400 g/mol. The third-order valence-electron chi connectivity index (χ3n) is 6.07. The zero-order chi connectivity index (χ0) is 20.9. The van der Waals surface area contributed by atoms with Crippen LogP contribution in [-0.4, -0.2) is 71.6 Å². The molecule has 0 aliphatic carbocycles. The molecule has 0 bridgehead atoms. The SMILES string of the molecule is C[C@@H](CN1CCOCC1)C(=O)N1CCC(Cc2nc(-c3ccsc3)cc(=O)[nH]2)CC1. The van der Waals surface area contributed by atoms with Crippen LogP contribution in [0.5, 0.6) is 0 Å². The van der Waals surface area contributed by atoms with Gasteiger partial charge in [0.15, 0.2) is 0 Å². The number of morpholine rings is 1. The number of aromatic nitrogens is 2. The van der Waals surface area contributed by atoms with E-state index >= 15 is 0 Å². The lowest BCUT2D eigenvalue weighted by atomic mass is 9.92. The Balaban J connectivity index is 1.29. The predicted molar refractivity (Wildman–Crippen MR) is 118 cm³/mol. The van der Waals surface area contributed by atoms with Gasteiger partial charge < -0.3 is 14.6 Å². The minimum atomic E-state index is -0.106. The molecule has 0 unspecified atom stereocenters. The topological polar surface area (TPSA) is 78.5 Å². The number of likely N-dealkylation sites (tertiary alicyclic amines) is 1. The van der Waals surface area contributed by atoms with Crippen molar-refractivity contribution in [3.8, 4) is 11.3 Å². The number of thiophene rings is 1. The Morgan fingerprint density at radius 2 is 2.07 bits per heavy atom. The summed E-state index contributed by atoms with van der Waals surface area (Å²) in [4.78, 5) is 36.8. The summed E-state index contributed by atoms with van der Waals surface area (Å²) >= 11 is 1.60. The Hall–Kier alpha value is -2.03. The number of carbonyl (C=O) groups excluding carboxylic acids is 1. The fraction of sp³-hybridized carbons (Fsp3) is 0.591. The van der Waals surface area contributed by atoms with Crippen LogP contribution in [0, 0.1) is 11.8 Å². The Morgan fingerprint density at radius 3 is 2.77 bits per heavy atom. The molecule has 1 atom stereocenters. The average Bonchev–Trinajstić information content (AvgIpc) is 3.29. The molecule has 2 aliphatic rings. The summed E-state index contributed by atoms with van der Waals surface area (Å²) in [5.41, 5.74) is 1.62. The molecule has 0 aromatic carbocycles. The smallest absolute Gasteiger partial charge is 0.251 e. The van der Waals surface area contributed by atoms with Gasteiger partial charge in [-0.05, 0) is 30.2 Å². The highest BCUT2D eigenvalue weighted by Crippen LogP contribution is 2.23. The number of ether oxygens (including phenoxy) is 1. The van der Waals surface area contributed by atoms with Gasteiger partial charge in [-0.15, -0.1) is 0 Å². The Kier molecular flexibility index (Phi) is 6.97. The van der Waals surface area contributed by atoms with Gasteiger partial charge in [-0.25, -0.2) is 4.98 Å². The first-order chi connectivity index (χ1) is 14.6. The number of rotatable bonds is 6. The highest BCUT2D eigenvalue weighted by Gasteiger charge is 2.28. The molecule has 7 nitrogen and oxygen atoms in total. The van der Waals surface area contributed by atoms with E-state index in [1.54, 1.807) is 17.4 Å². The van der Waals surface area contributed by atoms with Crippen molar-refractivity contribution in [1.82, 2.24) is 19.8 Å². The normalized spacial score (nSPS) is 19.7. The van der Waals surface area contributed by atoms with Gasteiger partial charge in [-0.2, -0.15) is 11.3 Å². The quantitative estimate of drug-likeness (QED) is 0.761. The van der Waals surface area contributed by atoms with E-state index in [0.29, 0.717) is 5.92 Å². The zero-order valence-electron chi connectivity index (χ0n) is 17.5. The van der Waals surface area contributed by atoms with E-state index in [4.69, 9.17) is 4.74 Å². The maximum Gasteiger partial charge on any atom is 0.251 e. The van der Waals surface area contributed by atoms with Gasteiger partial charge in [0.1, 0.15) is 5.82 Å². The van der Waals surface area contributed by atoms with E-state index in [2.05, 4.69) is 14.9 Å². The number of aromatic amines is 1. The van der Waals surface area contributed by atoms with Crippen molar-refractivity contribution >= 4 is 17.2 Å². The van der Waals surface area contributed by atoms with Gasteiger partial charge in [-0.3, -0.25) is 14.5 Å². The summed E-state index contributed by atoms with van der Waals surface area (Å²) in [6.45, 7) is 7.75. The fourth-order valence-electron chi connectivity index (χ4n) is 4.35. The molecule has 2 fully saturated rings. The van der Waals surface area contributed by atoms with Crippen LogP contribution < -0.4 is 5.56 Å². The Morgan fingerprint density at radius 1 is 1.30 bits per heavy atom. The van der Waals surface area contributed by atoms with Crippen molar-refractivity contribution < 1.29 is 9.53 Å². The van der Waals surface area contributed by atoms with Crippen molar-refractivity contribution in [3.05, 3.63) is 39.1 Å². The molecule has 0 saturated carbocycles. The summed E-state index contributed by atoms with van der Waals surface area (Å²) in [5.74, 6) is 1.45. The molecule has 1 amide bonds. The lowest BCUT2D eigenvalue weighted by Crippen LogP contribution is -2.46. The predicted octanol–water partition coefficient (Wildman–Crippen LogP) is 2.25. The minimum absolute atomic E-state index is 0.0139. The molecule has 1 N–H and O–H groups in total. The van der Waals surface area contributed by atoms with Gasteiger partial charge in [0, 0.05) is 62.1 Å². The van der Waals surface area contributed by atoms with Crippen molar-refractivity contribution in [2.75, 3.05) is 45.9 Å². The highest BCUT2D eigenvalue weighted by molar-refractivity contribution is 7.08. The first kappa shape index (κ1) is 21.2. The van der Waals surface area contributed by atoms with Crippen LogP contribution in [0.15, 0.2) is 27.7 Å². The second-order valence-corrected chi connectivity index (χ2v) is 9.16. The number of piperidine rings is 1. The number of nitrogens with one attached hydrogen (secondary N) is 1. The van der Waals surface area contributed by atoms with Crippen LogP contribution >= 0.6 is 11.3 Å².